The Balaban J connectivity index is 2.00. The molecular weight excluding hydrogens is 254 g/mol. The summed E-state index contributed by atoms with van der Waals surface area (Å²) in [6.45, 7) is 0.568. The fourth-order valence-corrected chi connectivity index (χ4v) is 1.92. The molecule has 4 nitrogen and oxygen atoms in total. The monoisotopic (exact) mass is 271 g/mol. The molecule has 0 bridgehead atoms. The molecule has 0 saturated carbocycles. The van der Waals surface area contributed by atoms with Gasteiger partial charge in [-0.3, -0.25) is 4.79 Å². The third-order valence-electron chi connectivity index (χ3n) is 3.06. The molecule has 3 N–H and O–H groups in total. The van der Waals surface area contributed by atoms with Crippen LogP contribution in [-0.2, 0) is 11.4 Å². The summed E-state index contributed by atoms with van der Waals surface area (Å²) in [5.74, 6) is -0.873. The molecule has 20 heavy (non-hydrogen) atoms. The summed E-state index contributed by atoms with van der Waals surface area (Å²) in [6, 6.07) is 16.9. The van der Waals surface area contributed by atoms with Gasteiger partial charge in [0.05, 0.1) is 5.92 Å². The predicted molar refractivity (Wildman–Crippen MR) is 76.6 cm³/mol. The Kier molecular flexibility index (Phi) is 4.74. The van der Waals surface area contributed by atoms with E-state index in [0.29, 0.717) is 17.9 Å². The zero-order valence-electron chi connectivity index (χ0n) is 11.0. The molecule has 0 saturated heterocycles. The summed E-state index contributed by atoms with van der Waals surface area (Å²) in [6.07, 6.45) is 0. The first-order valence-corrected chi connectivity index (χ1v) is 6.40. The number of hydrogen-bond donors (Lipinski definition) is 2. The molecule has 0 aromatic heterocycles. The van der Waals surface area contributed by atoms with Crippen molar-refractivity contribution in [3.8, 4) is 5.75 Å². The van der Waals surface area contributed by atoms with Gasteiger partial charge in [0.2, 0.25) is 0 Å². The highest BCUT2D eigenvalue weighted by molar-refractivity contribution is 5.76. The highest BCUT2D eigenvalue weighted by atomic mass is 16.5. The van der Waals surface area contributed by atoms with Crippen LogP contribution in [0.15, 0.2) is 54.6 Å². The molecule has 0 aliphatic rings. The van der Waals surface area contributed by atoms with E-state index >= 15 is 0 Å². The topological polar surface area (TPSA) is 72.6 Å². The van der Waals surface area contributed by atoms with E-state index in [1.165, 1.54) is 0 Å². The standard InChI is InChI=1S/C16H17NO3/c17-10-15(16(18)19)13-6-8-14(9-7-13)20-11-12-4-2-1-3-5-12/h1-9,15H,10-11,17H2,(H,18,19)/t15-/m0/s1. The summed E-state index contributed by atoms with van der Waals surface area (Å²) >= 11 is 0. The minimum Gasteiger partial charge on any atom is -0.489 e. The van der Waals surface area contributed by atoms with Crippen molar-refractivity contribution in [3.05, 3.63) is 65.7 Å². The Morgan fingerprint density at radius 3 is 2.30 bits per heavy atom. The number of nitrogens with two attached hydrogens (primary N) is 1. The van der Waals surface area contributed by atoms with Gasteiger partial charge in [0, 0.05) is 6.54 Å². The van der Waals surface area contributed by atoms with Gasteiger partial charge in [-0.2, -0.15) is 0 Å². The Labute approximate surface area is 117 Å². The maximum Gasteiger partial charge on any atom is 0.312 e. The fourth-order valence-electron chi connectivity index (χ4n) is 1.92. The van der Waals surface area contributed by atoms with Crippen LogP contribution in [0.1, 0.15) is 17.0 Å². The maximum absolute atomic E-state index is 11.0. The summed E-state index contributed by atoms with van der Waals surface area (Å²) < 4.78 is 5.64. The van der Waals surface area contributed by atoms with Crippen LogP contribution in [0.5, 0.6) is 5.75 Å². The minimum absolute atomic E-state index is 0.0829. The first-order chi connectivity index (χ1) is 9.70. The number of carbonyl (C=O) groups is 1. The van der Waals surface area contributed by atoms with Crippen molar-refractivity contribution in [1.82, 2.24) is 0 Å². The third kappa shape index (κ3) is 3.59. The third-order valence-corrected chi connectivity index (χ3v) is 3.06. The number of ether oxygens (including phenoxy) is 1. The number of carboxylic acid groups (broad SMARTS) is 1. The van der Waals surface area contributed by atoms with Crippen molar-refractivity contribution in [2.45, 2.75) is 12.5 Å². The Morgan fingerprint density at radius 2 is 1.75 bits per heavy atom. The maximum atomic E-state index is 11.0. The number of carboxylic acids is 1. The van der Waals surface area contributed by atoms with Crippen LogP contribution in [-0.4, -0.2) is 17.6 Å². The summed E-state index contributed by atoms with van der Waals surface area (Å²) in [7, 11) is 0. The van der Waals surface area contributed by atoms with Crippen LogP contribution in [0, 0.1) is 0 Å². The quantitative estimate of drug-likeness (QED) is 0.846. The van der Waals surface area contributed by atoms with Gasteiger partial charge in [0.25, 0.3) is 0 Å². The average molecular weight is 271 g/mol. The van der Waals surface area contributed by atoms with Crippen molar-refractivity contribution < 1.29 is 14.6 Å². The lowest BCUT2D eigenvalue weighted by Crippen LogP contribution is -2.20. The highest BCUT2D eigenvalue weighted by Gasteiger charge is 2.17. The normalized spacial score (nSPS) is 11.8. The Morgan fingerprint density at radius 1 is 1.10 bits per heavy atom. The van der Waals surface area contributed by atoms with E-state index in [1.807, 2.05) is 30.3 Å². The van der Waals surface area contributed by atoms with Gasteiger partial charge >= 0.3 is 5.97 Å². The van der Waals surface area contributed by atoms with Gasteiger partial charge in [-0.25, -0.2) is 0 Å². The second-order valence-corrected chi connectivity index (χ2v) is 4.47. The zero-order chi connectivity index (χ0) is 14.4. The largest absolute Gasteiger partial charge is 0.489 e. The molecule has 0 aliphatic heterocycles. The van der Waals surface area contributed by atoms with Gasteiger partial charge in [-0.1, -0.05) is 42.5 Å². The molecule has 0 aliphatic carbocycles. The first-order valence-electron chi connectivity index (χ1n) is 6.40. The van der Waals surface area contributed by atoms with Crippen LogP contribution < -0.4 is 10.5 Å². The first kappa shape index (κ1) is 14.1. The molecule has 2 rings (SSSR count). The van der Waals surface area contributed by atoms with Crippen LogP contribution in [0.25, 0.3) is 0 Å². The minimum atomic E-state index is -0.912. The number of aliphatic carboxylic acids is 1. The van der Waals surface area contributed by atoms with Gasteiger partial charge in [0.15, 0.2) is 0 Å². The van der Waals surface area contributed by atoms with Crippen molar-refractivity contribution in [1.29, 1.82) is 0 Å². The molecule has 2 aromatic rings. The van der Waals surface area contributed by atoms with E-state index < -0.39 is 11.9 Å². The van der Waals surface area contributed by atoms with Crippen molar-refractivity contribution in [2.75, 3.05) is 6.54 Å². The van der Waals surface area contributed by atoms with Gasteiger partial charge in [-0.15, -0.1) is 0 Å². The van der Waals surface area contributed by atoms with Crippen LogP contribution in [0.3, 0.4) is 0 Å². The molecule has 0 radical (unpaired) electrons. The fraction of sp³-hybridized carbons (Fsp3) is 0.188. The van der Waals surface area contributed by atoms with E-state index in [9.17, 15) is 4.79 Å². The zero-order valence-corrected chi connectivity index (χ0v) is 11.0. The van der Waals surface area contributed by atoms with Crippen molar-refractivity contribution in [3.63, 3.8) is 0 Å². The lowest BCUT2D eigenvalue weighted by molar-refractivity contribution is -0.138. The molecule has 0 heterocycles. The van der Waals surface area contributed by atoms with E-state index in [0.717, 1.165) is 5.56 Å². The lowest BCUT2D eigenvalue weighted by atomic mass is 9.99. The molecule has 0 fully saturated rings. The van der Waals surface area contributed by atoms with E-state index in [1.54, 1.807) is 24.3 Å². The second-order valence-electron chi connectivity index (χ2n) is 4.47. The van der Waals surface area contributed by atoms with Gasteiger partial charge < -0.3 is 15.6 Å². The molecule has 1 atom stereocenters. The number of benzene rings is 2. The molecule has 2 aromatic carbocycles. The SMILES string of the molecule is NC[C@H](C(=O)O)c1ccc(OCc2ccccc2)cc1. The molecule has 4 heteroatoms. The smallest absolute Gasteiger partial charge is 0.312 e. The average Bonchev–Trinajstić information content (AvgIpc) is 2.48. The summed E-state index contributed by atoms with van der Waals surface area (Å²) in [5, 5.41) is 9.04. The predicted octanol–water partition coefficient (Wildman–Crippen LogP) is 2.39. The van der Waals surface area contributed by atoms with Crippen molar-refractivity contribution >= 4 is 5.97 Å². The molecule has 104 valence electrons. The molecule has 0 unspecified atom stereocenters. The van der Waals surface area contributed by atoms with Gasteiger partial charge in [-0.05, 0) is 23.3 Å². The second kappa shape index (κ2) is 6.73. The number of rotatable bonds is 6. The number of hydrogen-bond acceptors (Lipinski definition) is 3. The summed E-state index contributed by atoms with van der Waals surface area (Å²) in [5.41, 5.74) is 7.24. The summed E-state index contributed by atoms with van der Waals surface area (Å²) in [4.78, 5) is 11.0. The van der Waals surface area contributed by atoms with Gasteiger partial charge in [0.1, 0.15) is 12.4 Å². The van der Waals surface area contributed by atoms with E-state index in [-0.39, 0.29) is 6.54 Å². The Hall–Kier alpha value is -2.33. The van der Waals surface area contributed by atoms with Crippen molar-refractivity contribution in [2.24, 2.45) is 5.73 Å². The van der Waals surface area contributed by atoms with E-state index in [4.69, 9.17) is 15.6 Å². The van der Waals surface area contributed by atoms with Crippen LogP contribution >= 0.6 is 0 Å². The molecular formula is C16H17NO3. The highest BCUT2D eigenvalue weighted by Crippen LogP contribution is 2.20. The lowest BCUT2D eigenvalue weighted by Gasteiger charge is -2.11. The van der Waals surface area contributed by atoms with Crippen LogP contribution in [0.4, 0.5) is 0 Å². The molecule has 0 amide bonds. The van der Waals surface area contributed by atoms with E-state index in [2.05, 4.69) is 0 Å². The van der Waals surface area contributed by atoms with Crippen LogP contribution in [0.2, 0.25) is 0 Å². The molecule has 0 spiro atoms. The Bertz CT molecular complexity index is 552.